The molecule has 4 N–H and O–H groups in total. The van der Waals surface area contributed by atoms with Gasteiger partial charge in [0.15, 0.2) is 0 Å². The summed E-state index contributed by atoms with van der Waals surface area (Å²) in [6.45, 7) is 13.0. The van der Waals surface area contributed by atoms with Crippen LogP contribution in [0.15, 0.2) is 58.8 Å². The van der Waals surface area contributed by atoms with Crippen LogP contribution >= 0.6 is 11.6 Å². The third kappa shape index (κ3) is 13.0. The second-order valence-electron chi connectivity index (χ2n) is 13.8. The van der Waals surface area contributed by atoms with E-state index in [1.54, 1.807) is 13.0 Å². The van der Waals surface area contributed by atoms with E-state index >= 15 is 0 Å². The highest BCUT2D eigenvalue weighted by Gasteiger charge is 2.29. The molecule has 0 bridgehead atoms. The number of aryl methyl sites for hydroxylation is 1. The number of likely N-dealkylation sites (tertiary alicyclic amines) is 1. The Balaban J connectivity index is 0.00000116. The Morgan fingerprint density at radius 1 is 1.08 bits per heavy atom. The minimum atomic E-state index is -0.792. The van der Waals surface area contributed by atoms with Gasteiger partial charge in [-0.2, -0.15) is 0 Å². The normalized spacial score (nSPS) is 21.4. The Hall–Kier alpha value is -3.16. The van der Waals surface area contributed by atoms with Gasteiger partial charge in [0, 0.05) is 40.7 Å². The third-order valence-electron chi connectivity index (χ3n) is 9.63. The van der Waals surface area contributed by atoms with E-state index in [-0.39, 0.29) is 30.3 Å². The van der Waals surface area contributed by atoms with Crippen molar-refractivity contribution in [3.63, 3.8) is 0 Å². The SMILES string of the molecule is CCC(C)C.Cc1cc(C(=O)NC(C)C(=O)NCC(=O)N[C@@H]2CCCCC2C2=C=CC=CC(Cl)=C2)ccc1CNCCC1CCCN1C. The van der Waals surface area contributed by atoms with E-state index in [1.807, 2.05) is 43.4 Å². The van der Waals surface area contributed by atoms with Gasteiger partial charge in [-0.25, -0.2) is 0 Å². The summed E-state index contributed by atoms with van der Waals surface area (Å²) >= 11 is 6.26. The molecule has 1 saturated carbocycles. The lowest BCUT2D eigenvalue weighted by molar-refractivity contribution is -0.127. The Labute approximate surface area is 293 Å². The van der Waals surface area contributed by atoms with Crippen molar-refractivity contribution < 1.29 is 14.4 Å². The molecule has 2 fully saturated rings. The summed E-state index contributed by atoms with van der Waals surface area (Å²) in [6, 6.07) is 5.43. The van der Waals surface area contributed by atoms with Gasteiger partial charge in [-0.15, -0.1) is 5.73 Å². The van der Waals surface area contributed by atoms with E-state index in [9.17, 15) is 14.4 Å². The van der Waals surface area contributed by atoms with Crippen molar-refractivity contribution in [2.24, 2.45) is 11.8 Å². The van der Waals surface area contributed by atoms with Crippen LogP contribution in [-0.4, -0.2) is 67.4 Å². The highest BCUT2D eigenvalue weighted by molar-refractivity contribution is 6.31. The van der Waals surface area contributed by atoms with Gasteiger partial charge in [-0.3, -0.25) is 14.4 Å². The molecular formula is C39H58ClN5O3. The monoisotopic (exact) mass is 679 g/mol. The standard InChI is InChI=1S/C34H46ClN5O3.C5H12/c1-23-19-26(14-15-27(23)21-36-17-16-29-11-8-18-40(29)3)34(43)38-24(2)33(42)37-22-32(41)39-31-13-7-6-12-30(31)25-9-4-5-10-28(35)20-25;1-4-5(2)3/h4-5,10,14-15,19-20,24,29-31,36H,6-8,11-13,16-18,21-22H2,1-3H3,(H,37,42)(H,38,43)(H,39,41);5H,4H2,1-3H3/t24?,29?,30?,31-;/m1./s1. The van der Waals surface area contributed by atoms with Crippen LogP contribution in [0.2, 0.25) is 0 Å². The van der Waals surface area contributed by atoms with Crippen molar-refractivity contribution in [2.45, 2.75) is 111 Å². The van der Waals surface area contributed by atoms with Gasteiger partial charge in [0.1, 0.15) is 6.04 Å². The summed E-state index contributed by atoms with van der Waals surface area (Å²) in [5, 5.41) is 12.7. The number of nitrogens with zero attached hydrogens (tertiary/aromatic N) is 1. The zero-order chi connectivity index (χ0) is 35.1. The smallest absolute Gasteiger partial charge is 0.251 e. The van der Waals surface area contributed by atoms with Crippen LogP contribution in [0.1, 0.15) is 101 Å². The molecule has 8 nitrogen and oxygen atoms in total. The van der Waals surface area contributed by atoms with Crippen LogP contribution in [0.3, 0.4) is 0 Å². The summed E-state index contributed by atoms with van der Waals surface area (Å²) in [7, 11) is 2.20. The highest BCUT2D eigenvalue weighted by Crippen LogP contribution is 2.32. The van der Waals surface area contributed by atoms with Crippen molar-refractivity contribution >= 4 is 29.3 Å². The fourth-order valence-electron chi connectivity index (χ4n) is 6.21. The molecule has 3 aliphatic rings. The Morgan fingerprint density at radius 3 is 2.52 bits per heavy atom. The predicted octanol–water partition coefficient (Wildman–Crippen LogP) is 6.30. The lowest BCUT2D eigenvalue weighted by Gasteiger charge is -2.32. The predicted molar refractivity (Wildman–Crippen MR) is 197 cm³/mol. The zero-order valence-corrected chi connectivity index (χ0v) is 30.7. The average molecular weight is 680 g/mol. The van der Waals surface area contributed by atoms with Gasteiger partial charge in [-0.05, 0) is 113 Å². The molecule has 4 atom stereocenters. The topological polar surface area (TPSA) is 103 Å². The van der Waals surface area contributed by atoms with E-state index in [2.05, 4.69) is 59.7 Å². The van der Waals surface area contributed by atoms with Gasteiger partial charge in [0.2, 0.25) is 11.8 Å². The van der Waals surface area contributed by atoms with E-state index in [0.29, 0.717) is 16.6 Å². The molecule has 3 unspecified atom stereocenters. The van der Waals surface area contributed by atoms with E-state index in [1.165, 1.54) is 25.8 Å². The lowest BCUT2D eigenvalue weighted by atomic mass is 9.79. The largest absolute Gasteiger partial charge is 0.351 e. The second-order valence-corrected chi connectivity index (χ2v) is 14.3. The average Bonchev–Trinajstić information content (AvgIpc) is 3.35. The van der Waals surface area contributed by atoms with E-state index in [4.69, 9.17) is 11.6 Å². The first-order valence-corrected chi connectivity index (χ1v) is 18.2. The minimum Gasteiger partial charge on any atom is -0.351 e. The molecule has 0 aromatic heterocycles. The number of amides is 3. The maximum absolute atomic E-state index is 12.9. The summed E-state index contributed by atoms with van der Waals surface area (Å²) in [5.41, 5.74) is 6.94. The number of hydrogen-bond acceptors (Lipinski definition) is 5. The lowest BCUT2D eigenvalue weighted by Crippen LogP contribution is -2.50. The molecule has 264 valence electrons. The van der Waals surface area contributed by atoms with Crippen molar-refractivity contribution in [2.75, 3.05) is 26.7 Å². The number of nitrogens with one attached hydrogen (secondary N) is 4. The molecule has 1 aromatic carbocycles. The molecule has 9 heteroatoms. The molecule has 1 saturated heterocycles. The third-order valence-corrected chi connectivity index (χ3v) is 9.87. The highest BCUT2D eigenvalue weighted by atomic mass is 35.5. The van der Waals surface area contributed by atoms with Gasteiger partial charge in [0.25, 0.3) is 5.91 Å². The molecule has 1 heterocycles. The zero-order valence-electron chi connectivity index (χ0n) is 30.0. The molecule has 0 spiro atoms. The van der Waals surface area contributed by atoms with Crippen molar-refractivity contribution in [3.8, 4) is 0 Å². The maximum Gasteiger partial charge on any atom is 0.251 e. The second kappa shape index (κ2) is 20.4. The number of allylic oxidation sites excluding steroid dienone is 4. The first kappa shape index (κ1) is 39.3. The fraction of sp³-hybridized carbons (Fsp3) is 0.590. The van der Waals surface area contributed by atoms with Gasteiger partial charge >= 0.3 is 0 Å². The van der Waals surface area contributed by atoms with E-state index in [0.717, 1.165) is 67.8 Å². The first-order chi connectivity index (χ1) is 23.0. The van der Waals surface area contributed by atoms with Crippen LogP contribution in [-0.2, 0) is 16.1 Å². The van der Waals surface area contributed by atoms with Crippen molar-refractivity contribution in [1.29, 1.82) is 0 Å². The molecule has 2 aliphatic carbocycles. The summed E-state index contributed by atoms with van der Waals surface area (Å²) in [6.07, 6.45) is 16.3. The van der Waals surface area contributed by atoms with Gasteiger partial charge in [0.05, 0.1) is 6.54 Å². The van der Waals surface area contributed by atoms with Crippen molar-refractivity contribution in [3.05, 3.63) is 75.5 Å². The summed E-state index contributed by atoms with van der Waals surface area (Å²) in [4.78, 5) is 40.8. The quantitative estimate of drug-likeness (QED) is 0.145. The molecule has 3 amide bonds. The Kier molecular flexibility index (Phi) is 16.7. The molecule has 1 aliphatic heterocycles. The first-order valence-electron chi connectivity index (χ1n) is 17.9. The van der Waals surface area contributed by atoms with Crippen molar-refractivity contribution in [1.82, 2.24) is 26.2 Å². The molecular weight excluding hydrogens is 622 g/mol. The fourth-order valence-corrected chi connectivity index (χ4v) is 6.40. The number of halogens is 1. The van der Waals surface area contributed by atoms with Crippen LogP contribution in [0.5, 0.6) is 0 Å². The summed E-state index contributed by atoms with van der Waals surface area (Å²) in [5.74, 6) is 0.000604. The number of rotatable bonds is 13. The number of hydrogen-bond donors (Lipinski definition) is 4. The van der Waals surface area contributed by atoms with Gasteiger partial charge in [-0.1, -0.05) is 63.8 Å². The van der Waals surface area contributed by atoms with Crippen LogP contribution in [0.4, 0.5) is 0 Å². The Bertz CT molecular complexity index is 1360. The van der Waals surface area contributed by atoms with E-state index < -0.39 is 11.9 Å². The molecule has 4 rings (SSSR count). The Morgan fingerprint density at radius 2 is 1.83 bits per heavy atom. The van der Waals surface area contributed by atoms with Gasteiger partial charge < -0.3 is 26.2 Å². The minimum absolute atomic E-state index is 0.0552. The number of carbonyl (C=O) groups is 3. The molecule has 0 radical (unpaired) electrons. The van der Waals surface area contributed by atoms with Crippen LogP contribution < -0.4 is 21.3 Å². The summed E-state index contributed by atoms with van der Waals surface area (Å²) < 4.78 is 0. The molecule has 48 heavy (non-hydrogen) atoms. The van der Waals surface area contributed by atoms with Crippen LogP contribution in [0.25, 0.3) is 0 Å². The van der Waals surface area contributed by atoms with Crippen LogP contribution in [0, 0.1) is 18.8 Å². The molecule has 1 aromatic rings. The number of benzene rings is 1. The number of carbonyl (C=O) groups excluding carboxylic acids is 3. The maximum atomic E-state index is 12.9.